The average Bonchev–Trinajstić information content (AvgIpc) is 3.30. The minimum atomic E-state index is -0.174. The zero-order valence-corrected chi connectivity index (χ0v) is 20.6. The predicted molar refractivity (Wildman–Crippen MR) is 152 cm³/mol. The lowest BCUT2D eigenvalue weighted by molar-refractivity contribution is 0.103. The minimum absolute atomic E-state index is 0.0896. The monoisotopic (exact) mass is 507 g/mol. The fraction of sp³-hybridized carbons (Fsp3) is 0. The van der Waals surface area contributed by atoms with Crippen LogP contribution in [0.4, 0.5) is 0 Å². The first-order chi connectivity index (χ1) is 18.9. The van der Waals surface area contributed by atoms with Gasteiger partial charge in [-0.25, -0.2) is 0 Å². The smallest absolute Gasteiger partial charge is 0.193 e. The third kappa shape index (κ3) is 4.20. The maximum Gasteiger partial charge on any atom is 0.193 e. The van der Waals surface area contributed by atoms with Gasteiger partial charge in [0.2, 0.25) is 0 Å². The predicted octanol–water partition coefficient (Wildman–Crippen LogP) is 6.64. The number of fused-ring (bicyclic) bond motifs is 3. The normalized spacial score (nSPS) is 10.9. The SMILES string of the molecule is C#Cc1ccc(-n2c3ccc(C(=O)c4ccc(O)cc4)cc3c3cc(C(=O)c4ccc(O)cc4)ccc32)cc1. The van der Waals surface area contributed by atoms with Crippen molar-refractivity contribution in [3.05, 3.63) is 137 Å². The summed E-state index contributed by atoms with van der Waals surface area (Å²) in [6.07, 6.45) is 5.55. The molecule has 0 radical (unpaired) electrons. The van der Waals surface area contributed by atoms with Crippen LogP contribution in [0.1, 0.15) is 37.4 Å². The van der Waals surface area contributed by atoms with E-state index >= 15 is 0 Å². The second-order valence-electron chi connectivity index (χ2n) is 9.24. The molecule has 0 bridgehead atoms. The molecule has 5 nitrogen and oxygen atoms in total. The van der Waals surface area contributed by atoms with Crippen molar-refractivity contribution in [3.63, 3.8) is 0 Å². The molecule has 0 atom stereocenters. The molecule has 0 unspecified atom stereocenters. The maximum atomic E-state index is 13.3. The van der Waals surface area contributed by atoms with Gasteiger partial charge in [-0.05, 0) is 109 Å². The summed E-state index contributed by atoms with van der Waals surface area (Å²) in [5, 5.41) is 20.9. The third-order valence-electron chi connectivity index (χ3n) is 6.84. The number of aromatic hydroxyl groups is 2. The number of hydrogen-bond donors (Lipinski definition) is 2. The van der Waals surface area contributed by atoms with E-state index in [2.05, 4.69) is 10.5 Å². The molecule has 0 aliphatic heterocycles. The van der Waals surface area contributed by atoms with Gasteiger partial charge in [0, 0.05) is 44.3 Å². The number of benzene rings is 5. The third-order valence-corrected chi connectivity index (χ3v) is 6.84. The maximum absolute atomic E-state index is 13.3. The zero-order valence-electron chi connectivity index (χ0n) is 20.6. The van der Waals surface area contributed by atoms with Crippen molar-refractivity contribution in [2.45, 2.75) is 0 Å². The van der Waals surface area contributed by atoms with Gasteiger partial charge in [0.15, 0.2) is 11.6 Å². The molecule has 0 spiro atoms. The summed E-state index contributed by atoms with van der Waals surface area (Å²) in [7, 11) is 0. The Bertz CT molecular complexity index is 1820. The van der Waals surface area contributed by atoms with E-state index in [-0.39, 0.29) is 23.1 Å². The molecule has 0 fully saturated rings. The summed E-state index contributed by atoms with van der Waals surface area (Å²) < 4.78 is 2.08. The van der Waals surface area contributed by atoms with E-state index in [4.69, 9.17) is 6.42 Å². The number of nitrogens with zero attached hydrogens (tertiary/aromatic N) is 1. The molecular weight excluding hydrogens is 486 g/mol. The molecule has 0 aliphatic rings. The molecule has 6 rings (SSSR count). The molecule has 186 valence electrons. The van der Waals surface area contributed by atoms with Gasteiger partial charge in [0.25, 0.3) is 0 Å². The van der Waals surface area contributed by atoms with Crippen molar-refractivity contribution in [2.24, 2.45) is 0 Å². The fourth-order valence-electron chi connectivity index (χ4n) is 4.85. The van der Waals surface area contributed by atoms with Crippen molar-refractivity contribution in [3.8, 4) is 29.5 Å². The van der Waals surface area contributed by atoms with Crippen LogP contribution in [0.25, 0.3) is 27.5 Å². The van der Waals surface area contributed by atoms with Crippen LogP contribution >= 0.6 is 0 Å². The molecule has 0 saturated heterocycles. The van der Waals surface area contributed by atoms with E-state index in [1.54, 1.807) is 36.4 Å². The molecule has 39 heavy (non-hydrogen) atoms. The van der Waals surface area contributed by atoms with Crippen molar-refractivity contribution >= 4 is 33.4 Å². The van der Waals surface area contributed by atoms with E-state index in [1.807, 2.05) is 48.5 Å². The highest BCUT2D eigenvalue weighted by atomic mass is 16.3. The number of phenols is 2. The lowest BCUT2D eigenvalue weighted by Gasteiger charge is -2.09. The van der Waals surface area contributed by atoms with Gasteiger partial charge in [-0.3, -0.25) is 9.59 Å². The van der Waals surface area contributed by atoms with Crippen LogP contribution in [-0.2, 0) is 0 Å². The Kier molecular flexibility index (Phi) is 5.71. The average molecular weight is 508 g/mol. The van der Waals surface area contributed by atoms with Crippen LogP contribution in [0.15, 0.2) is 109 Å². The van der Waals surface area contributed by atoms with Gasteiger partial charge in [-0.2, -0.15) is 0 Å². The number of terminal acetylenes is 1. The molecule has 1 aromatic heterocycles. The first-order valence-electron chi connectivity index (χ1n) is 12.3. The topological polar surface area (TPSA) is 79.5 Å². The van der Waals surface area contributed by atoms with E-state index in [1.165, 1.54) is 24.3 Å². The summed E-state index contributed by atoms with van der Waals surface area (Å²) in [5.74, 6) is 2.47. The van der Waals surface area contributed by atoms with Crippen LogP contribution in [0.5, 0.6) is 11.5 Å². The quantitative estimate of drug-likeness (QED) is 0.203. The molecule has 6 aromatic rings. The van der Waals surface area contributed by atoms with Crippen molar-refractivity contribution in [2.75, 3.05) is 0 Å². The molecule has 0 aliphatic carbocycles. The Labute approximate surface area is 224 Å². The minimum Gasteiger partial charge on any atom is -0.508 e. The van der Waals surface area contributed by atoms with Gasteiger partial charge in [-0.15, -0.1) is 6.42 Å². The zero-order chi connectivity index (χ0) is 27.1. The Hall–Kier alpha value is -5.60. The fourth-order valence-corrected chi connectivity index (χ4v) is 4.85. The van der Waals surface area contributed by atoms with Gasteiger partial charge >= 0.3 is 0 Å². The Morgan fingerprint density at radius 2 is 0.974 bits per heavy atom. The molecule has 5 aromatic carbocycles. The largest absolute Gasteiger partial charge is 0.508 e. The first-order valence-corrected chi connectivity index (χ1v) is 12.3. The summed E-state index contributed by atoms with van der Waals surface area (Å²) in [4.78, 5) is 26.6. The number of ketones is 2. The second kappa shape index (κ2) is 9.37. The highest BCUT2D eigenvalue weighted by Crippen LogP contribution is 2.34. The second-order valence-corrected chi connectivity index (χ2v) is 9.24. The molecule has 1 heterocycles. The highest BCUT2D eigenvalue weighted by molar-refractivity contribution is 6.17. The highest BCUT2D eigenvalue weighted by Gasteiger charge is 2.18. The van der Waals surface area contributed by atoms with Crippen LogP contribution in [0.3, 0.4) is 0 Å². The molecule has 5 heteroatoms. The Balaban J connectivity index is 1.56. The van der Waals surface area contributed by atoms with Crippen LogP contribution < -0.4 is 0 Å². The standard InChI is InChI=1S/C34H21NO4/c1-2-21-3-11-26(12-4-21)35-31-17-9-24(33(38)22-5-13-27(36)14-6-22)19-29(31)30-20-25(10-18-32(30)35)34(39)23-7-15-28(37)16-8-23/h1,3-20,36-37H. The van der Waals surface area contributed by atoms with Gasteiger partial charge < -0.3 is 14.8 Å². The number of phenolic OH excluding ortho intramolecular Hbond substituents is 2. The van der Waals surface area contributed by atoms with E-state index < -0.39 is 0 Å². The summed E-state index contributed by atoms with van der Waals surface area (Å²) in [6, 6.07) is 31.0. The summed E-state index contributed by atoms with van der Waals surface area (Å²) >= 11 is 0. The van der Waals surface area contributed by atoms with E-state index in [9.17, 15) is 19.8 Å². The summed E-state index contributed by atoms with van der Waals surface area (Å²) in [6.45, 7) is 0. The Morgan fingerprint density at radius 1 is 0.564 bits per heavy atom. The van der Waals surface area contributed by atoms with Crippen molar-refractivity contribution in [1.29, 1.82) is 0 Å². The molecular formula is C34H21NO4. The van der Waals surface area contributed by atoms with Gasteiger partial charge in [-0.1, -0.05) is 5.92 Å². The lowest BCUT2D eigenvalue weighted by Crippen LogP contribution is -2.01. The molecule has 0 saturated carbocycles. The van der Waals surface area contributed by atoms with Gasteiger partial charge in [0.05, 0.1) is 11.0 Å². The lowest BCUT2D eigenvalue weighted by atomic mass is 9.99. The number of hydrogen-bond acceptors (Lipinski definition) is 4. The molecule has 2 N–H and O–H groups in total. The number of aromatic nitrogens is 1. The van der Waals surface area contributed by atoms with Crippen LogP contribution in [0, 0.1) is 12.3 Å². The first kappa shape index (κ1) is 23.8. The van der Waals surface area contributed by atoms with Crippen molar-refractivity contribution in [1.82, 2.24) is 4.57 Å². The van der Waals surface area contributed by atoms with E-state index in [0.29, 0.717) is 22.3 Å². The number of carbonyl (C=O) groups excluding carboxylic acids is 2. The number of carbonyl (C=O) groups is 2. The summed E-state index contributed by atoms with van der Waals surface area (Å²) in [5.41, 5.74) is 5.31. The number of rotatable bonds is 5. The van der Waals surface area contributed by atoms with Gasteiger partial charge in [0.1, 0.15) is 11.5 Å². The van der Waals surface area contributed by atoms with Crippen LogP contribution in [-0.4, -0.2) is 26.3 Å². The van der Waals surface area contributed by atoms with E-state index in [0.717, 1.165) is 33.1 Å². The van der Waals surface area contributed by atoms with Crippen molar-refractivity contribution < 1.29 is 19.8 Å². The Morgan fingerprint density at radius 3 is 1.38 bits per heavy atom. The molecule has 0 amide bonds. The van der Waals surface area contributed by atoms with Crippen LogP contribution in [0.2, 0.25) is 0 Å².